The standard InChI is InChI=1S/C19H22F3N3O3/c1-12-15(24-11-27-12)8-23-17(26)25-9-16(28-18(2,3)10-25)13-5-4-6-14(7-13)19(20,21)22/h4-7,11,16H,8-10H2,1-3H3,(H,23,26)/t16-/m0/s1. The monoisotopic (exact) mass is 397 g/mol. The summed E-state index contributed by atoms with van der Waals surface area (Å²) >= 11 is 0. The van der Waals surface area contributed by atoms with Gasteiger partial charge in [-0.3, -0.25) is 0 Å². The van der Waals surface area contributed by atoms with E-state index in [4.69, 9.17) is 9.15 Å². The summed E-state index contributed by atoms with van der Waals surface area (Å²) in [6, 6.07) is 4.68. The van der Waals surface area contributed by atoms with Crippen molar-refractivity contribution < 1.29 is 27.1 Å². The molecule has 2 aromatic rings. The van der Waals surface area contributed by atoms with Gasteiger partial charge in [-0.2, -0.15) is 13.2 Å². The Morgan fingerprint density at radius 3 is 2.79 bits per heavy atom. The zero-order valence-corrected chi connectivity index (χ0v) is 15.8. The zero-order chi connectivity index (χ0) is 20.5. The van der Waals surface area contributed by atoms with E-state index >= 15 is 0 Å². The number of nitrogens with one attached hydrogen (secondary N) is 1. The summed E-state index contributed by atoms with van der Waals surface area (Å²) in [7, 11) is 0. The van der Waals surface area contributed by atoms with Crippen LogP contribution in [0, 0.1) is 6.92 Å². The van der Waals surface area contributed by atoms with Crippen LogP contribution >= 0.6 is 0 Å². The summed E-state index contributed by atoms with van der Waals surface area (Å²) in [5.41, 5.74) is -0.448. The maximum absolute atomic E-state index is 13.0. The van der Waals surface area contributed by atoms with Crippen molar-refractivity contribution in [3.63, 3.8) is 0 Å². The van der Waals surface area contributed by atoms with E-state index in [2.05, 4.69) is 10.3 Å². The van der Waals surface area contributed by atoms with E-state index in [0.717, 1.165) is 12.1 Å². The summed E-state index contributed by atoms with van der Waals surface area (Å²) in [4.78, 5) is 18.2. The number of nitrogens with zero attached hydrogens (tertiary/aromatic N) is 2. The molecule has 0 spiro atoms. The lowest BCUT2D eigenvalue weighted by atomic mass is 10.00. The molecule has 1 N–H and O–H groups in total. The number of urea groups is 1. The number of halogens is 3. The number of hydrogen-bond acceptors (Lipinski definition) is 4. The maximum Gasteiger partial charge on any atom is 0.416 e. The van der Waals surface area contributed by atoms with E-state index in [1.165, 1.54) is 12.5 Å². The summed E-state index contributed by atoms with van der Waals surface area (Å²) in [5.74, 6) is 0.615. The van der Waals surface area contributed by atoms with Crippen LogP contribution in [-0.2, 0) is 17.5 Å². The number of benzene rings is 1. The number of aryl methyl sites for hydroxylation is 1. The number of oxazole rings is 1. The summed E-state index contributed by atoms with van der Waals surface area (Å²) in [6.45, 7) is 6.01. The first-order valence-electron chi connectivity index (χ1n) is 8.82. The lowest BCUT2D eigenvalue weighted by Crippen LogP contribution is -2.54. The van der Waals surface area contributed by atoms with E-state index in [1.807, 2.05) is 0 Å². The smallest absolute Gasteiger partial charge is 0.416 e. The number of rotatable bonds is 3. The highest BCUT2D eigenvalue weighted by atomic mass is 19.4. The first-order valence-corrected chi connectivity index (χ1v) is 8.82. The topological polar surface area (TPSA) is 67.6 Å². The minimum atomic E-state index is -4.44. The summed E-state index contributed by atoms with van der Waals surface area (Å²) in [5, 5.41) is 2.77. The molecule has 9 heteroatoms. The van der Waals surface area contributed by atoms with E-state index in [0.29, 0.717) is 23.6 Å². The van der Waals surface area contributed by atoms with Crippen molar-refractivity contribution in [3.8, 4) is 0 Å². The lowest BCUT2D eigenvalue weighted by Gasteiger charge is -2.43. The molecule has 1 aliphatic rings. The van der Waals surface area contributed by atoms with Crippen LogP contribution in [0.3, 0.4) is 0 Å². The van der Waals surface area contributed by atoms with Gasteiger partial charge in [0, 0.05) is 0 Å². The van der Waals surface area contributed by atoms with Gasteiger partial charge in [0.1, 0.15) is 17.6 Å². The van der Waals surface area contributed by atoms with Gasteiger partial charge >= 0.3 is 12.2 Å². The number of ether oxygens (including phenoxy) is 1. The van der Waals surface area contributed by atoms with Crippen molar-refractivity contribution in [2.75, 3.05) is 13.1 Å². The molecule has 0 bridgehead atoms. The van der Waals surface area contributed by atoms with Crippen molar-refractivity contribution in [2.45, 2.75) is 45.2 Å². The largest absolute Gasteiger partial charge is 0.448 e. The molecule has 6 nitrogen and oxygen atoms in total. The molecule has 2 amide bonds. The highest BCUT2D eigenvalue weighted by molar-refractivity contribution is 5.74. The van der Waals surface area contributed by atoms with Crippen molar-refractivity contribution >= 4 is 6.03 Å². The lowest BCUT2D eigenvalue weighted by molar-refractivity contribution is -0.138. The number of amides is 2. The van der Waals surface area contributed by atoms with Crippen LogP contribution in [-0.4, -0.2) is 34.6 Å². The normalized spacial score (nSPS) is 19.5. The van der Waals surface area contributed by atoms with Crippen LogP contribution in [0.4, 0.5) is 18.0 Å². The Kier molecular flexibility index (Phi) is 5.38. The van der Waals surface area contributed by atoms with Crippen LogP contribution in [0.5, 0.6) is 0 Å². The molecule has 28 heavy (non-hydrogen) atoms. The van der Waals surface area contributed by atoms with Crippen molar-refractivity contribution in [2.24, 2.45) is 0 Å². The minimum Gasteiger partial charge on any atom is -0.448 e. The van der Waals surface area contributed by atoms with Crippen LogP contribution in [0.1, 0.15) is 42.5 Å². The molecule has 1 aliphatic heterocycles. The predicted octanol–water partition coefficient (Wildman–Crippen LogP) is 4.06. The third-order valence-electron chi connectivity index (χ3n) is 4.54. The fraction of sp³-hybridized carbons (Fsp3) is 0.474. The molecule has 3 rings (SSSR count). The van der Waals surface area contributed by atoms with Crippen LogP contribution in [0.15, 0.2) is 35.1 Å². The highest BCUT2D eigenvalue weighted by Crippen LogP contribution is 2.35. The molecule has 1 saturated heterocycles. The third kappa shape index (κ3) is 4.64. The van der Waals surface area contributed by atoms with Crippen LogP contribution in [0.25, 0.3) is 0 Å². The fourth-order valence-electron chi connectivity index (χ4n) is 3.20. The average molecular weight is 397 g/mol. The third-order valence-corrected chi connectivity index (χ3v) is 4.54. The summed E-state index contributed by atoms with van der Waals surface area (Å²) < 4.78 is 50.2. The Balaban J connectivity index is 1.74. The van der Waals surface area contributed by atoms with Gasteiger partial charge in [-0.25, -0.2) is 9.78 Å². The quantitative estimate of drug-likeness (QED) is 0.848. The molecule has 2 heterocycles. The van der Waals surface area contributed by atoms with Gasteiger partial charge in [0.15, 0.2) is 6.39 Å². The predicted molar refractivity (Wildman–Crippen MR) is 94.4 cm³/mol. The SMILES string of the molecule is Cc1ocnc1CNC(=O)N1C[C@@H](c2cccc(C(F)(F)F)c2)OC(C)(C)C1. The maximum atomic E-state index is 13.0. The van der Waals surface area contributed by atoms with Gasteiger partial charge in [-0.05, 0) is 38.5 Å². The molecule has 1 aromatic carbocycles. The molecular weight excluding hydrogens is 375 g/mol. The second kappa shape index (κ2) is 7.46. The summed E-state index contributed by atoms with van der Waals surface area (Å²) in [6.07, 6.45) is -3.80. The first-order chi connectivity index (χ1) is 13.0. The Morgan fingerprint density at radius 2 is 2.14 bits per heavy atom. The minimum absolute atomic E-state index is 0.147. The van der Waals surface area contributed by atoms with Crippen molar-refractivity contribution in [3.05, 3.63) is 53.2 Å². The van der Waals surface area contributed by atoms with Gasteiger partial charge in [0.25, 0.3) is 0 Å². The molecule has 1 fully saturated rings. The van der Waals surface area contributed by atoms with E-state index in [9.17, 15) is 18.0 Å². The van der Waals surface area contributed by atoms with Crippen LogP contribution < -0.4 is 5.32 Å². The van der Waals surface area contributed by atoms with Crippen molar-refractivity contribution in [1.29, 1.82) is 0 Å². The van der Waals surface area contributed by atoms with Gasteiger partial charge in [-0.1, -0.05) is 12.1 Å². The zero-order valence-electron chi connectivity index (χ0n) is 15.8. The molecule has 1 aromatic heterocycles. The van der Waals surface area contributed by atoms with Gasteiger partial charge < -0.3 is 19.4 Å². The number of alkyl halides is 3. The second-order valence-electron chi connectivity index (χ2n) is 7.38. The number of carbonyl (C=O) groups excluding carboxylic acids is 1. The van der Waals surface area contributed by atoms with E-state index < -0.39 is 23.4 Å². The molecule has 152 valence electrons. The number of aromatic nitrogens is 1. The molecule has 0 aliphatic carbocycles. The number of morpholine rings is 1. The van der Waals surface area contributed by atoms with Crippen LogP contribution in [0.2, 0.25) is 0 Å². The van der Waals surface area contributed by atoms with Crippen molar-refractivity contribution in [1.82, 2.24) is 15.2 Å². The van der Waals surface area contributed by atoms with Gasteiger partial charge in [0.2, 0.25) is 0 Å². The Hall–Kier alpha value is -2.55. The van der Waals surface area contributed by atoms with E-state index in [1.54, 1.807) is 31.7 Å². The van der Waals surface area contributed by atoms with E-state index in [-0.39, 0.29) is 19.1 Å². The molecule has 1 atom stereocenters. The Bertz CT molecular complexity index is 848. The van der Waals surface area contributed by atoms with Gasteiger partial charge in [0.05, 0.1) is 30.8 Å². The number of hydrogen-bond donors (Lipinski definition) is 1. The molecular formula is C19H22F3N3O3. The molecule has 0 unspecified atom stereocenters. The fourth-order valence-corrected chi connectivity index (χ4v) is 3.20. The average Bonchev–Trinajstić information content (AvgIpc) is 3.02. The second-order valence-corrected chi connectivity index (χ2v) is 7.38. The van der Waals surface area contributed by atoms with Gasteiger partial charge in [-0.15, -0.1) is 0 Å². The number of carbonyl (C=O) groups is 1. The molecule has 0 radical (unpaired) electrons. The Labute approximate surface area is 160 Å². The highest BCUT2D eigenvalue weighted by Gasteiger charge is 2.37. The first kappa shape index (κ1) is 20.2. The Morgan fingerprint density at radius 1 is 1.39 bits per heavy atom. The molecule has 0 saturated carbocycles.